The standard InChI is InChI=1S/C25H22N4O4/c30-23(14-16-7-10-21-22(13-16)33-12-4-11-32-21)27-24-19-15-18(8-9-20(19)28-29-24)26-25(31)17-5-2-1-3-6-17/h1-3,5-10,13,15H,4,11-12,14H2,(H,26,31)(H2,27,28,29,30). The van der Waals surface area contributed by atoms with Crippen molar-refractivity contribution in [3.05, 3.63) is 77.9 Å². The molecule has 0 aliphatic carbocycles. The van der Waals surface area contributed by atoms with Gasteiger partial charge in [-0.2, -0.15) is 5.10 Å². The third-order valence-corrected chi connectivity index (χ3v) is 5.29. The molecule has 0 saturated heterocycles. The van der Waals surface area contributed by atoms with Crippen LogP contribution in [0.4, 0.5) is 11.5 Å². The number of ether oxygens (including phenoxy) is 2. The molecule has 33 heavy (non-hydrogen) atoms. The molecule has 0 saturated carbocycles. The highest BCUT2D eigenvalue weighted by Gasteiger charge is 2.15. The highest BCUT2D eigenvalue weighted by molar-refractivity contribution is 6.06. The Kier molecular flexibility index (Phi) is 5.63. The van der Waals surface area contributed by atoms with Crippen LogP contribution in [-0.2, 0) is 11.2 Å². The van der Waals surface area contributed by atoms with Crippen molar-refractivity contribution in [1.82, 2.24) is 10.2 Å². The second-order valence-corrected chi connectivity index (χ2v) is 7.71. The quantitative estimate of drug-likeness (QED) is 0.430. The van der Waals surface area contributed by atoms with Crippen LogP contribution >= 0.6 is 0 Å². The number of aromatic amines is 1. The van der Waals surface area contributed by atoms with E-state index in [9.17, 15) is 9.59 Å². The molecule has 1 aliphatic rings. The van der Waals surface area contributed by atoms with E-state index in [1.54, 1.807) is 24.3 Å². The average Bonchev–Trinajstić information content (AvgIpc) is 3.06. The fourth-order valence-corrected chi connectivity index (χ4v) is 3.66. The molecule has 4 aromatic rings. The monoisotopic (exact) mass is 442 g/mol. The molecule has 0 radical (unpaired) electrons. The summed E-state index contributed by atoms with van der Waals surface area (Å²) in [6, 6.07) is 19.9. The molecule has 2 amide bonds. The van der Waals surface area contributed by atoms with Crippen LogP contribution in [0.2, 0.25) is 0 Å². The van der Waals surface area contributed by atoms with E-state index >= 15 is 0 Å². The molecule has 5 rings (SSSR count). The Hall–Kier alpha value is -4.33. The Bertz CT molecular complexity index is 1320. The lowest BCUT2D eigenvalue weighted by Gasteiger charge is -2.09. The zero-order valence-corrected chi connectivity index (χ0v) is 17.8. The predicted octanol–water partition coefficient (Wildman–Crippen LogP) is 4.16. The van der Waals surface area contributed by atoms with Crippen LogP contribution in [-0.4, -0.2) is 35.2 Å². The third-order valence-electron chi connectivity index (χ3n) is 5.29. The number of H-pyrrole nitrogens is 1. The number of rotatable bonds is 5. The molecule has 1 aromatic heterocycles. The summed E-state index contributed by atoms with van der Waals surface area (Å²) in [6.45, 7) is 1.21. The maximum atomic E-state index is 12.7. The van der Waals surface area contributed by atoms with Crippen LogP contribution in [0.5, 0.6) is 11.5 Å². The Balaban J connectivity index is 1.29. The number of carbonyl (C=O) groups is 2. The molecule has 0 atom stereocenters. The van der Waals surface area contributed by atoms with Crippen molar-refractivity contribution >= 4 is 34.2 Å². The molecule has 3 N–H and O–H groups in total. The molecule has 1 aliphatic heterocycles. The Morgan fingerprint density at radius 1 is 0.909 bits per heavy atom. The van der Waals surface area contributed by atoms with Crippen molar-refractivity contribution < 1.29 is 19.1 Å². The van der Waals surface area contributed by atoms with E-state index in [0.29, 0.717) is 47.2 Å². The molecule has 2 heterocycles. The van der Waals surface area contributed by atoms with E-state index in [1.165, 1.54) is 0 Å². The van der Waals surface area contributed by atoms with Crippen LogP contribution in [0.3, 0.4) is 0 Å². The number of nitrogens with one attached hydrogen (secondary N) is 3. The van der Waals surface area contributed by atoms with Crippen molar-refractivity contribution in [1.29, 1.82) is 0 Å². The topological polar surface area (TPSA) is 105 Å². The number of fused-ring (bicyclic) bond motifs is 2. The van der Waals surface area contributed by atoms with Crippen LogP contribution in [0, 0.1) is 0 Å². The van der Waals surface area contributed by atoms with Gasteiger partial charge < -0.3 is 20.1 Å². The first-order valence-electron chi connectivity index (χ1n) is 10.7. The molecule has 3 aromatic carbocycles. The lowest BCUT2D eigenvalue weighted by atomic mass is 10.1. The smallest absolute Gasteiger partial charge is 0.255 e. The molecule has 8 heteroatoms. The third kappa shape index (κ3) is 4.64. The minimum Gasteiger partial charge on any atom is -0.490 e. The average molecular weight is 442 g/mol. The molecule has 0 spiro atoms. The molecule has 0 bridgehead atoms. The molecule has 166 valence electrons. The van der Waals surface area contributed by atoms with Gasteiger partial charge in [0, 0.05) is 23.1 Å². The first-order valence-corrected chi connectivity index (χ1v) is 10.7. The highest BCUT2D eigenvalue weighted by Crippen LogP contribution is 2.31. The molecule has 8 nitrogen and oxygen atoms in total. The predicted molar refractivity (Wildman–Crippen MR) is 125 cm³/mol. The zero-order valence-electron chi connectivity index (χ0n) is 17.8. The van der Waals surface area contributed by atoms with Gasteiger partial charge in [-0.15, -0.1) is 0 Å². The zero-order chi connectivity index (χ0) is 22.6. The Morgan fingerprint density at radius 3 is 2.58 bits per heavy atom. The van der Waals surface area contributed by atoms with Crippen molar-refractivity contribution in [2.75, 3.05) is 23.8 Å². The summed E-state index contributed by atoms with van der Waals surface area (Å²) in [6.07, 6.45) is 0.986. The lowest BCUT2D eigenvalue weighted by molar-refractivity contribution is -0.115. The van der Waals surface area contributed by atoms with Crippen LogP contribution < -0.4 is 20.1 Å². The fraction of sp³-hybridized carbons (Fsp3) is 0.160. The number of carbonyl (C=O) groups excluding carboxylic acids is 2. The minimum absolute atomic E-state index is 0.162. The summed E-state index contributed by atoms with van der Waals surface area (Å²) in [5, 5.41) is 13.6. The number of aromatic nitrogens is 2. The second-order valence-electron chi connectivity index (χ2n) is 7.71. The maximum Gasteiger partial charge on any atom is 0.255 e. The van der Waals surface area contributed by atoms with E-state index in [0.717, 1.165) is 17.5 Å². The maximum absolute atomic E-state index is 12.7. The fourth-order valence-electron chi connectivity index (χ4n) is 3.66. The van der Waals surface area contributed by atoms with Crippen molar-refractivity contribution in [2.45, 2.75) is 12.8 Å². The van der Waals surface area contributed by atoms with Crippen molar-refractivity contribution in [2.24, 2.45) is 0 Å². The summed E-state index contributed by atoms with van der Waals surface area (Å²) in [4.78, 5) is 25.2. The van der Waals surface area contributed by atoms with Crippen molar-refractivity contribution in [3.8, 4) is 11.5 Å². The SMILES string of the molecule is O=C(Cc1ccc2c(c1)OCCCO2)Nc1n[nH]c2ccc(NC(=O)c3ccccc3)cc12. The van der Waals surface area contributed by atoms with Crippen LogP contribution in [0.1, 0.15) is 22.3 Å². The van der Waals surface area contributed by atoms with Gasteiger partial charge in [0.15, 0.2) is 17.3 Å². The first-order chi connectivity index (χ1) is 16.2. The number of nitrogens with zero attached hydrogens (tertiary/aromatic N) is 1. The van der Waals surface area contributed by atoms with E-state index < -0.39 is 0 Å². The number of benzene rings is 3. The number of anilines is 2. The number of amides is 2. The van der Waals surface area contributed by atoms with Crippen LogP contribution in [0.15, 0.2) is 66.7 Å². The number of hydrogen-bond acceptors (Lipinski definition) is 5. The molecule has 0 fully saturated rings. The Labute approximate surface area is 189 Å². The van der Waals surface area contributed by atoms with Crippen LogP contribution in [0.25, 0.3) is 10.9 Å². The second kappa shape index (κ2) is 9.04. The normalized spacial score (nSPS) is 12.7. The lowest BCUT2D eigenvalue weighted by Crippen LogP contribution is -2.15. The summed E-state index contributed by atoms with van der Waals surface area (Å²) in [5.41, 5.74) is 2.73. The van der Waals surface area contributed by atoms with Gasteiger partial charge >= 0.3 is 0 Å². The van der Waals surface area contributed by atoms with Gasteiger partial charge in [0.2, 0.25) is 5.91 Å². The largest absolute Gasteiger partial charge is 0.490 e. The van der Waals surface area contributed by atoms with E-state index in [2.05, 4.69) is 20.8 Å². The number of hydrogen-bond donors (Lipinski definition) is 3. The van der Waals surface area contributed by atoms with Crippen molar-refractivity contribution in [3.63, 3.8) is 0 Å². The van der Waals surface area contributed by atoms with E-state index in [1.807, 2.05) is 42.5 Å². The molecular weight excluding hydrogens is 420 g/mol. The highest BCUT2D eigenvalue weighted by atomic mass is 16.5. The van der Waals surface area contributed by atoms with Gasteiger partial charge in [-0.25, -0.2) is 0 Å². The van der Waals surface area contributed by atoms with Gasteiger partial charge in [-0.3, -0.25) is 14.7 Å². The molecular formula is C25H22N4O4. The first kappa shape index (κ1) is 20.6. The van der Waals surface area contributed by atoms with E-state index in [4.69, 9.17) is 9.47 Å². The van der Waals surface area contributed by atoms with E-state index in [-0.39, 0.29) is 18.2 Å². The molecule has 0 unspecified atom stereocenters. The summed E-state index contributed by atoms with van der Waals surface area (Å²) in [7, 11) is 0. The summed E-state index contributed by atoms with van der Waals surface area (Å²) in [5.74, 6) is 1.33. The van der Waals surface area contributed by atoms with Gasteiger partial charge in [0.1, 0.15) is 0 Å². The summed E-state index contributed by atoms with van der Waals surface area (Å²) >= 11 is 0. The van der Waals surface area contributed by atoms with Gasteiger partial charge in [0.25, 0.3) is 5.91 Å². The van der Waals surface area contributed by atoms with Gasteiger partial charge in [0.05, 0.1) is 25.2 Å². The summed E-state index contributed by atoms with van der Waals surface area (Å²) < 4.78 is 11.3. The minimum atomic E-state index is -0.211. The van der Waals surface area contributed by atoms with Gasteiger partial charge in [-0.05, 0) is 48.0 Å². The Morgan fingerprint density at radius 2 is 1.73 bits per heavy atom. The van der Waals surface area contributed by atoms with Gasteiger partial charge in [-0.1, -0.05) is 24.3 Å².